The Bertz CT molecular complexity index is 265. The van der Waals surface area contributed by atoms with Gasteiger partial charge in [-0.05, 0) is 37.6 Å². The number of nitrogens with zero attached hydrogens (tertiary/aromatic N) is 1. The van der Waals surface area contributed by atoms with Crippen LogP contribution >= 0.6 is 0 Å². The fourth-order valence-electron chi connectivity index (χ4n) is 3.06. The van der Waals surface area contributed by atoms with Crippen LogP contribution in [0.5, 0.6) is 0 Å². The maximum atomic E-state index is 12.1. The summed E-state index contributed by atoms with van der Waals surface area (Å²) in [5, 5.41) is 9.15. The maximum absolute atomic E-state index is 12.1. The molecule has 2 unspecified atom stereocenters. The topological polar surface area (TPSA) is 40.5 Å². The molecule has 0 bridgehead atoms. The fraction of sp³-hybridized carbons (Fsp3) is 0.938. The summed E-state index contributed by atoms with van der Waals surface area (Å²) in [4.78, 5) is 14.4. The normalized spacial score (nSPS) is 24.4. The van der Waals surface area contributed by atoms with Crippen LogP contribution in [0.4, 0.5) is 0 Å². The smallest absolute Gasteiger partial charge is 0.137 e. The van der Waals surface area contributed by atoms with Crippen LogP contribution in [0.3, 0.4) is 0 Å². The van der Waals surface area contributed by atoms with Gasteiger partial charge >= 0.3 is 0 Å². The molecule has 1 saturated carbocycles. The van der Waals surface area contributed by atoms with Gasteiger partial charge in [0.2, 0.25) is 0 Å². The number of unbranched alkanes of at least 4 members (excludes halogenated alkanes) is 1. The van der Waals surface area contributed by atoms with E-state index in [4.69, 9.17) is 5.11 Å². The number of rotatable bonds is 8. The lowest BCUT2D eigenvalue weighted by Gasteiger charge is -2.34. The van der Waals surface area contributed by atoms with Crippen molar-refractivity contribution in [2.75, 3.05) is 26.2 Å². The average Bonchev–Trinajstić information content (AvgIpc) is 2.38. The van der Waals surface area contributed by atoms with E-state index < -0.39 is 0 Å². The van der Waals surface area contributed by atoms with Crippen LogP contribution in [0.1, 0.15) is 52.9 Å². The highest BCUT2D eigenvalue weighted by Crippen LogP contribution is 2.32. The monoisotopic (exact) mass is 269 g/mol. The first-order chi connectivity index (χ1) is 9.08. The molecule has 19 heavy (non-hydrogen) atoms. The second-order valence-electron chi connectivity index (χ2n) is 6.32. The van der Waals surface area contributed by atoms with E-state index in [9.17, 15) is 4.79 Å². The molecule has 1 aliphatic rings. The summed E-state index contributed by atoms with van der Waals surface area (Å²) >= 11 is 0. The molecule has 2 atom stereocenters. The van der Waals surface area contributed by atoms with Crippen molar-refractivity contribution in [1.29, 1.82) is 0 Å². The molecule has 0 aliphatic heterocycles. The molecule has 0 radical (unpaired) electrons. The van der Waals surface area contributed by atoms with Crippen molar-refractivity contribution in [3.8, 4) is 0 Å². The molecule has 0 amide bonds. The Labute approximate surface area is 118 Å². The number of aliphatic hydroxyl groups is 1. The Morgan fingerprint density at radius 1 is 1.37 bits per heavy atom. The van der Waals surface area contributed by atoms with Crippen LogP contribution < -0.4 is 0 Å². The lowest BCUT2D eigenvalue weighted by atomic mass is 9.75. The lowest BCUT2D eigenvalue weighted by Crippen LogP contribution is -2.39. The van der Waals surface area contributed by atoms with Gasteiger partial charge in [-0.2, -0.15) is 0 Å². The molecule has 3 nitrogen and oxygen atoms in total. The van der Waals surface area contributed by atoms with Crippen LogP contribution in [-0.2, 0) is 4.79 Å². The number of carbonyl (C=O) groups excluding carboxylic acids is 1. The summed E-state index contributed by atoms with van der Waals surface area (Å²) in [5.74, 6) is 2.02. The predicted octanol–water partition coefficient (Wildman–Crippen LogP) is 2.72. The Morgan fingerprint density at radius 2 is 2.11 bits per heavy atom. The minimum atomic E-state index is 0.193. The zero-order chi connectivity index (χ0) is 14.3. The maximum Gasteiger partial charge on any atom is 0.137 e. The number of carbonyl (C=O) groups is 1. The zero-order valence-electron chi connectivity index (χ0n) is 12.9. The predicted molar refractivity (Wildman–Crippen MR) is 79.1 cm³/mol. The number of hydrogen-bond acceptors (Lipinski definition) is 3. The first kappa shape index (κ1) is 16.6. The summed E-state index contributed by atoms with van der Waals surface area (Å²) in [6.07, 6.45) is 5.18. The van der Waals surface area contributed by atoms with Crippen molar-refractivity contribution in [1.82, 2.24) is 4.90 Å². The van der Waals surface area contributed by atoms with E-state index in [1.165, 1.54) is 0 Å². The van der Waals surface area contributed by atoms with Crippen molar-refractivity contribution < 1.29 is 9.90 Å². The highest BCUT2D eigenvalue weighted by atomic mass is 16.3. The van der Waals surface area contributed by atoms with Gasteiger partial charge in [-0.3, -0.25) is 4.79 Å². The van der Waals surface area contributed by atoms with Crippen LogP contribution in [0, 0.1) is 17.8 Å². The third-order valence-corrected chi connectivity index (χ3v) is 4.47. The molecule has 112 valence electrons. The van der Waals surface area contributed by atoms with Gasteiger partial charge in [0.05, 0.1) is 6.61 Å². The standard InChI is InChI=1S/C16H31NO2/c1-4-5-8-17(9-10-18)12-15-11-14(13(2)3)6-7-16(15)19/h13-15,18H,4-12H2,1-3H3. The van der Waals surface area contributed by atoms with Gasteiger partial charge in [0, 0.05) is 25.4 Å². The van der Waals surface area contributed by atoms with Gasteiger partial charge in [-0.25, -0.2) is 0 Å². The molecular formula is C16H31NO2. The Hall–Kier alpha value is -0.410. The summed E-state index contributed by atoms with van der Waals surface area (Å²) in [7, 11) is 0. The number of aliphatic hydroxyl groups excluding tert-OH is 1. The first-order valence-corrected chi connectivity index (χ1v) is 7.94. The van der Waals surface area contributed by atoms with E-state index in [0.717, 1.165) is 45.2 Å². The highest BCUT2D eigenvalue weighted by Gasteiger charge is 2.31. The van der Waals surface area contributed by atoms with Gasteiger partial charge in [-0.1, -0.05) is 27.2 Å². The number of hydrogen-bond donors (Lipinski definition) is 1. The SMILES string of the molecule is CCCCN(CCO)CC1CC(C(C)C)CCC1=O. The molecule has 0 aromatic heterocycles. The van der Waals surface area contributed by atoms with Crippen LogP contribution in [0.2, 0.25) is 0 Å². The third kappa shape index (κ3) is 5.62. The largest absolute Gasteiger partial charge is 0.395 e. The van der Waals surface area contributed by atoms with Gasteiger partial charge in [0.25, 0.3) is 0 Å². The highest BCUT2D eigenvalue weighted by molar-refractivity contribution is 5.82. The van der Waals surface area contributed by atoms with Crippen LogP contribution in [0.25, 0.3) is 0 Å². The van der Waals surface area contributed by atoms with E-state index in [-0.39, 0.29) is 12.5 Å². The minimum Gasteiger partial charge on any atom is -0.395 e. The fourth-order valence-corrected chi connectivity index (χ4v) is 3.06. The molecule has 0 aromatic carbocycles. The molecular weight excluding hydrogens is 238 g/mol. The second-order valence-corrected chi connectivity index (χ2v) is 6.32. The van der Waals surface area contributed by atoms with Gasteiger partial charge < -0.3 is 10.0 Å². The molecule has 0 saturated heterocycles. The van der Waals surface area contributed by atoms with Crippen molar-refractivity contribution >= 4 is 5.78 Å². The number of Topliss-reactive ketones (excluding diaryl/α,β-unsaturated/α-hetero) is 1. The van der Waals surface area contributed by atoms with Gasteiger partial charge in [-0.15, -0.1) is 0 Å². The van der Waals surface area contributed by atoms with E-state index in [1.807, 2.05) is 0 Å². The molecule has 3 heteroatoms. The summed E-state index contributed by atoms with van der Waals surface area (Å²) in [6.45, 7) is 9.46. The first-order valence-electron chi connectivity index (χ1n) is 7.94. The lowest BCUT2D eigenvalue weighted by molar-refractivity contribution is -0.126. The van der Waals surface area contributed by atoms with Crippen molar-refractivity contribution in [3.05, 3.63) is 0 Å². The van der Waals surface area contributed by atoms with Crippen molar-refractivity contribution in [3.63, 3.8) is 0 Å². The quantitative estimate of drug-likeness (QED) is 0.736. The van der Waals surface area contributed by atoms with Crippen molar-refractivity contribution in [2.45, 2.75) is 52.9 Å². The molecule has 0 spiro atoms. The zero-order valence-corrected chi connectivity index (χ0v) is 12.9. The van der Waals surface area contributed by atoms with Crippen LogP contribution in [0.15, 0.2) is 0 Å². The summed E-state index contributed by atoms with van der Waals surface area (Å²) < 4.78 is 0. The van der Waals surface area contributed by atoms with Crippen molar-refractivity contribution in [2.24, 2.45) is 17.8 Å². The summed E-state index contributed by atoms with van der Waals surface area (Å²) in [5.41, 5.74) is 0. The third-order valence-electron chi connectivity index (χ3n) is 4.47. The molecule has 0 heterocycles. The van der Waals surface area contributed by atoms with E-state index in [2.05, 4.69) is 25.7 Å². The second kappa shape index (κ2) is 8.70. The molecule has 1 aliphatic carbocycles. The van der Waals surface area contributed by atoms with Gasteiger partial charge in [0.15, 0.2) is 0 Å². The Balaban J connectivity index is 2.51. The number of ketones is 1. The van der Waals surface area contributed by atoms with E-state index in [1.54, 1.807) is 0 Å². The minimum absolute atomic E-state index is 0.193. The molecule has 1 rings (SSSR count). The van der Waals surface area contributed by atoms with Crippen LogP contribution in [-0.4, -0.2) is 42.0 Å². The Kier molecular flexibility index (Phi) is 7.62. The molecule has 0 aromatic rings. The van der Waals surface area contributed by atoms with Gasteiger partial charge in [0.1, 0.15) is 5.78 Å². The average molecular weight is 269 g/mol. The summed E-state index contributed by atoms with van der Waals surface area (Å²) in [6, 6.07) is 0. The van der Waals surface area contributed by atoms with E-state index in [0.29, 0.717) is 24.2 Å². The van der Waals surface area contributed by atoms with E-state index >= 15 is 0 Å². The molecule has 1 N–H and O–H groups in total. The Morgan fingerprint density at radius 3 is 2.68 bits per heavy atom. The molecule has 1 fully saturated rings.